The van der Waals surface area contributed by atoms with Crippen molar-refractivity contribution in [3.8, 4) is 11.4 Å². The van der Waals surface area contributed by atoms with Crippen LogP contribution in [0.4, 0.5) is 0 Å². The molecule has 84 valence electrons. The number of benzene rings is 1. The molecule has 0 aliphatic carbocycles. The van der Waals surface area contributed by atoms with E-state index in [1.807, 2.05) is 12.1 Å². The summed E-state index contributed by atoms with van der Waals surface area (Å²) in [7, 11) is 0. The van der Waals surface area contributed by atoms with E-state index < -0.39 is 0 Å². The Morgan fingerprint density at radius 1 is 1.06 bits per heavy atom. The number of thiol groups is 1. The normalized spacial score (nSPS) is 11.8. The smallest absolute Gasteiger partial charge is 0.185 e. The number of nitrogens with zero attached hydrogens (tertiary/aromatic N) is 2. The summed E-state index contributed by atoms with van der Waals surface area (Å²) in [5.74, 6) is 0.755. The molecule has 1 aromatic carbocycles. The Labute approximate surface area is 101 Å². The lowest BCUT2D eigenvalue weighted by molar-refractivity contribution is 0.590. The molecule has 2 rings (SSSR count). The highest BCUT2D eigenvalue weighted by Crippen LogP contribution is 2.24. The Kier molecular flexibility index (Phi) is 2.76. The minimum atomic E-state index is 0.175. The first-order chi connectivity index (χ1) is 7.47. The first-order valence-electron chi connectivity index (χ1n) is 5.19. The number of hydrogen-bond acceptors (Lipinski definition) is 3. The Balaban J connectivity index is 2.33. The molecule has 2 aromatic rings. The van der Waals surface area contributed by atoms with Gasteiger partial charge in [0.15, 0.2) is 11.0 Å². The lowest BCUT2D eigenvalue weighted by Crippen LogP contribution is -2.10. The molecule has 0 spiro atoms. The van der Waals surface area contributed by atoms with Crippen molar-refractivity contribution >= 4 is 12.6 Å². The predicted octanol–water partition coefficient (Wildman–Crippen LogP) is 3.06. The summed E-state index contributed by atoms with van der Waals surface area (Å²) in [5, 5.41) is 8.36. The molecule has 1 N–H and O–H groups in total. The predicted molar refractivity (Wildman–Crippen MR) is 67.8 cm³/mol. The molecule has 0 amide bonds. The van der Waals surface area contributed by atoms with Gasteiger partial charge in [0.25, 0.3) is 0 Å². The van der Waals surface area contributed by atoms with E-state index in [0.29, 0.717) is 5.16 Å². The summed E-state index contributed by atoms with van der Waals surface area (Å²) < 4.78 is 0. The van der Waals surface area contributed by atoms with Gasteiger partial charge in [-0.15, -0.1) is 22.8 Å². The zero-order chi connectivity index (χ0) is 11.8. The molecule has 0 bridgehead atoms. The number of nitrogens with one attached hydrogen (secondary N) is 1. The van der Waals surface area contributed by atoms with Crippen molar-refractivity contribution in [2.45, 2.75) is 31.3 Å². The van der Waals surface area contributed by atoms with E-state index in [1.165, 1.54) is 5.56 Å². The number of hydrogen-bond donors (Lipinski definition) is 2. The monoisotopic (exact) mass is 233 g/mol. The third-order valence-electron chi connectivity index (χ3n) is 2.50. The maximum atomic E-state index is 4.09. The molecule has 0 aliphatic heterocycles. The van der Waals surface area contributed by atoms with Crippen molar-refractivity contribution in [3.63, 3.8) is 0 Å². The Morgan fingerprint density at radius 3 is 2.12 bits per heavy atom. The number of H-pyrrole nitrogens is 1. The van der Waals surface area contributed by atoms with E-state index in [1.54, 1.807) is 0 Å². The topological polar surface area (TPSA) is 41.6 Å². The van der Waals surface area contributed by atoms with E-state index in [4.69, 9.17) is 0 Å². The highest BCUT2D eigenvalue weighted by molar-refractivity contribution is 7.80. The third-order valence-corrected chi connectivity index (χ3v) is 2.70. The molecule has 0 saturated carbocycles. The van der Waals surface area contributed by atoms with Gasteiger partial charge in [-0.05, 0) is 11.0 Å². The van der Waals surface area contributed by atoms with Gasteiger partial charge in [0.05, 0.1) is 0 Å². The van der Waals surface area contributed by atoms with Gasteiger partial charge >= 0.3 is 0 Å². The number of aromatic amines is 1. The van der Waals surface area contributed by atoms with Crippen LogP contribution in [0.5, 0.6) is 0 Å². The molecule has 4 heteroatoms. The molecular formula is C12H15N3S. The quantitative estimate of drug-likeness (QED) is 0.743. The van der Waals surface area contributed by atoms with Gasteiger partial charge in [-0.2, -0.15) is 0 Å². The minimum absolute atomic E-state index is 0.175. The van der Waals surface area contributed by atoms with Crippen molar-refractivity contribution in [3.05, 3.63) is 29.8 Å². The highest BCUT2D eigenvalue weighted by Gasteiger charge is 2.13. The van der Waals surface area contributed by atoms with Crippen LogP contribution in [0.15, 0.2) is 29.4 Å². The summed E-state index contributed by atoms with van der Waals surface area (Å²) in [6.45, 7) is 6.59. The van der Waals surface area contributed by atoms with Crippen LogP contribution in [0, 0.1) is 0 Å². The van der Waals surface area contributed by atoms with Crippen LogP contribution in [0.25, 0.3) is 11.4 Å². The van der Waals surface area contributed by atoms with Gasteiger partial charge in [0.2, 0.25) is 0 Å². The lowest BCUT2D eigenvalue weighted by Gasteiger charge is -2.18. The van der Waals surface area contributed by atoms with Crippen molar-refractivity contribution in [2.24, 2.45) is 0 Å². The first kappa shape index (κ1) is 11.2. The summed E-state index contributed by atoms with van der Waals surface area (Å²) in [5.41, 5.74) is 2.51. The molecule has 0 saturated heterocycles. The fourth-order valence-electron chi connectivity index (χ4n) is 1.51. The minimum Gasteiger partial charge on any atom is -0.316 e. The van der Waals surface area contributed by atoms with E-state index in [-0.39, 0.29) is 5.41 Å². The largest absolute Gasteiger partial charge is 0.316 e. The zero-order valence-electron chi connectivity index (χ0n) is 9.65. The van der Waals surface area contributed by atoms with Gasteiger partial charge in [-0.25, -0.2) is 0 Å². The highest BCUT2D eigenvalue weighted by atomic mass is 32.1. The lowest BCUT2D eigenvalue weighted by atomic mass is 9.87. The van der Waals surface area contributed by atoms with E-state index in [2.05, 4.69) is 60.7 Å². The van der Waals surface area contributed by atoms with E-state index >= 15 is 0 Å². The number of aromatic nitrogens is 3. The van der Waals surface area contributed by atoms with Gasteiger partial charge < -0.3 is 4.98 Å². The van der Waals surface area contributed by atoms with Crippen molar-refractivity contribution in [1.29, 1.82) is 0 Å². The van der Waals surface area contributed by atoms with Crippen LogP contribution in [-0.4, -0.2) is 15.2 Å². The van der Waals surface area contributed by atoms with Crippen LogP contribution in [0.2, 0.25) is 0 Å². The van der Waals surface area contributed by atoms with Crippen LogP contribution >= 0.6 is 12.6 Å². The molecule has 1 aromatic heterocycles. The molecule has 3 nitrogen and oxygen atoms in total. The summed E-state index contributed by atoms with van der Waals surface area (Å²) in [6.07, 6.45) is 0. The maximum absolute atomic E-state index is 4.09. The average molecular weight is 233 g/mol. The first-order valence-corrected chi connectivity index (χ1v) is 5.64. The van der Waals surface area contributed by atoms with Gasteiger partial charge in [-0.1, -0.05) is 45.0 Å². The van der Waals surface area contributed by atoms with Gasteiger partial charge in [-0.3, -0.25) is 0 Å². The van der Waals surface area contributed by atoms with Crippen molar-refractivity contribution < 1.29 is 0 Å². The van der Waals surface area contributed by atoms with Gasteiger partial charge in [0.1, 0.15) is 0 Å². The van der Waals surface area contributed by atoms with E-state index in [9.17, 15) is 0 Å². The molecule has 16 heavy (non-hydrogen) atoms. The molecule has 0 atom stereocenters. The van der Waals surface area contributed by atoms with E-state index in [0.717, 1.165) is 11.4 Å². The summed E-state index contributed by atoms with van der Waals surface area (Å²) in [6, 6.07) is 8.34. The fourth-order valence-corrected chi connectivity index (χ4v) is 1.66. The Morgan fingerprint density at radius 2 is 1.69 bits per heavy atom. The second kappa shape index (κ2) is 3.94. The average Bonchev–Trinajstić information content (AvgIpc) is 2.64. The standard InChI is InChI=1S/C12H15N3S/c1-12(2,3)9-6-4-8(5-7-9)10-13-11(16)15-14-10/h4-7H,1-3H3,(H2,13,14,15,16). The Hall–Kier alpha value is -1.29. The molecule has 0 fully saturated rings. The number of rotatable bonds is 1. The van der Waals surface area contributed by atoms with Crippen LogP contribution in [0.3, 0.4) is 0 Å². The summed E-state index contributed by atoms with van der Waals surface area (Å²) in [4.78, 5) is 2.99. The SMILES string of the molecule is CC(C)(C)c1ccc(-c2nnc(S)[nH]2)cc1. The maximum Gasteiger partial charge on any atom is 0.185 e. The molecule has 0 aliphatic rings. The van der Waals surface area contributed by atoms with Crippen LogP contribution < -0.4 is 0 Å². The van der Waals surface area contributed by atoms with Crippen LogP contribution in [0.1, 0.15) is 26.3 Å². The molecular weight excluding hydrogens is 218 g/mol. The molecule has 0 radical (unpaired) electrons. The second-order valence-electron chi connectivity index (χ2n) is 4.82. The third kappa shape index (κ3) is 2.27. The zero-order valence-corrected chi connectivity index (χ0v) is 10.5. The van der Waals surface area contributed by atoms with Crippen molar-refractivity contribution in [1.82, 2.24) is 15.2 Å². The summed E-state index contributed by atoms with van der Waals surface area (Å²) >= 11 is 4.09. The molecule has 1 heterocycles. The van der Waals surface area contributed by atoms with Gasteiger partial charge in [0, 0.05) is 5.56 Å². The molecule has 0 unspecified atom stereocenters. The van der Waals surface area contributed by atoms with Crippen LogP contribution in [-0.2, 0) is 5.41 Å². The fraction of sp³-hybridized carbons (Fsp3) is 0.333. The Bertz CT molecular complexity index is 480. The van der Waals surface area contributed by atoms with Crippen molar-refractivity contribution in [2.75, 3.05) is 0 Å². The second-order valence-corrected chi connectivity index (χ2v) is 5.25.